The Hall–Kier alpha value is -3.13. The Morgan fingerprint density at radius 2 is 1.96 bits per heavy atom. The van der Waals surface area contributed by atoms with Crippen molar-refractivity contribution in [3.05, 3.63) is 53.3 Å². The number of halogens is 2. The molecule has 1 unspecified atom stereocenters. The molecule has 4 amide bonds. The Balaban J connectivity index is 1.83. The van der Waals surface area contributed by atoms with Gasteiger partial charge < -0.3 is 15.4 Å². The van der Waals surface area contributed by atoms with E-state index in [2.05, 4.69) is 10.6 Å². The SMILES string of the molecule is COc1ccc(Cl)cc1NC(=O)C1CNC(=O)N(c2ccc(F)cc2)C1=O. The lowest BCUT2D eigenvalue weighted by atomic mass is 10.0. The first-order valence-corrected chi connectivity index (χ1v) is 8.30. The fourth-order valence-corrected chi connectivity index (χ4v) is 2.82. The lowest BCUT2D eigenvalue weighted by Gasteiger charge is -2.30. The molecule has 1 heterocycles. The lowest BCUT2D eigenvalue weighted by Crippen LogP contribution is -2.58. The van der Waals surface area contributed by atoms with Gasteiger partial charge in [0, 0.05) is 11.6 Å². The number of carbonyl (C=O) groups excluding carboxylic acids is 3. The maximum absolute atomic E-state index is 13.1. The normalized spacial score (nSPS) is 16.7. The summed E-state index contributed by atoms with van der Waals surface area (Å²) >= 11 is 5.94. The minimum atomic E-state index is -1.17. The Bertz CT molecular complexity index is 904. The van der Waals surface area contributed by atoms with Crippen molar-refractivity contribution in [2.45, 2.75) is 0 Å². The van der Waals surface area contributed by atoms with Crippen molar-refractivity contribution in [1.29, 1.82) is 0 Å². The number of hydrogen-bond donors (Lipinski definition) is 2. The number of nitrogens with zero attached hydrogens (tertiary/aromatic N) is 1. The summed E-state index contributed by atoms with van der Waals surface area (Å²) in [6.07, 6.45) is 0. The molecule has 7 nitrogen and oxygen atoms in total. The van der Waals surface area contributed by atoms with Crippen LogP contribution in [0.4, 0.5) is 20.6 Å². The van der Waals surface area contributed by atoms with E-state index in [0.29, 0.717) is 16.5 Å². The molecule has 0 aliphatic carbocycles. The number of anilines is 2. The Labute approximate surface area is 159 Å². The molecule has 140 valence electrons. The van der Waals surface area contributed by atoms with Gasteiger partial charge in [-0.2, -0.15) is 0 Å². The molecule has 0 spiro atoms. The summed E-state index contributed by atoms with van der Waals surface area (Å²) in [5.74, 6) is -2.66. The van der Waals surface area contributed by atoms with Crippen LogP contribution in [0, 0.1) is 11.7 Å². The summed E-state index contributed by atoms with van der Waals surface area (Å²) in [5, 5.41) is 5.45. The second-order valence-electron chi connectivity index (χ2n) is 5.72. The number of imide groups is 1. The predicted octanol–water partition coefficient (Wildman–Crippen LogP) is 2.80. The number of methoxy groups -OCH3 is 1. The van der Waals surface area contributed by atoms with Crippen LogP contribution >= 0.6 is 11.6 Å². The second-order valence-corrected chi connectivity index (χ2v) is 6.16. The van der Waals surface area contributed by atoms with E-state index >= 15 is 0 Å². The van der Waals surface area contributed by atoms with Gasteiger partial charge >= 0.3 is 6.03 Å². The molecule has 1 saturated heterocycles. The molecule has 1 aliphatic heterocycles. The van der Waals surface area contributed by atoms with Crippen LogP contribution in [0.15, 0.2) is 42.5 Å². The number of hydrogen-bond acceptors (Lipinski definition) is 4. The fraction of sp³-hybridized carbons (Fsp3) is 0.167. The quantitative estimate of drug-likeness (QED) is 0.784. The molecule has 0 saturated carbocycles. The fourth-order valence-electron chi connectivity index (χ4n) is 2.65. The van der Waals surface area contributed by atoms with Crippen LogP contribution in [0.25, 0.3) is 0 Å². The van der Waals surface area contributed by atoms with E-state index in [1.54, 1.807) is 12.1 Å². The highest BCUT2D eigenvalue weighted by atomic mass is 35.5. The molecule has 2 aromatic carbocycles. The number of ether oxygens (including phenoxy) is 1. The minimum Gasteiger partial charge on any atom is -0.495 e. The summed E-state index contributed by atoms with van der Waals surface area (Å²) in [6.45, 7) is -0.163. The van der Waals surface area contributed by atoms with E-state index in [0.717, 1.165) is 17.0 Å². The van der Waals surface area contributed by atoms with Crippen LogP contribution in [0.1, 0.15) is 0 Å². The third-order valence-corrected chi connectivity index (χ3v) is 4.23. The standard InChI is InChI=1S/C18H15ClFN3O4/c1-27-15-7-2-10(19)8-14(15)22-16(24)13-9-21-18(26)23(17(13)25)12-5-3-11(20)4-6-12/h2-8,13H,9H2,1H3,(H,21,26)(H,22,24). The molecule has 2 N–H and O–H groups in total. The first kappa shape index (κ1) is 18.7. The highest BCUT2D eigenvalue weighted by Gasteiger charge is 2.39. The number of nitrogens with one attached hydrogen (secondary N) is 2. The Morgan fingerprint density at radius 3 is 2.63 bits per heavy atom. The summed E-state index contributed by atoms with van der Waals surface area (Å²) in [7, 11) is 1.43. The smallest absolute Gasteiger partial charge is 0.328 e. The van der Waals surface area contributed by atoms with E-state index in [1.165, 1.54) is 25.3 Å². The summed E-state index contributed by atoms with van der Waals surface area (Å²) in [5.41, 5.74) is 0.463. The van der Waals surface area contributed by atoms with Crippen LogP contribution in [0.2, 0.25) is 5.02 Å². The van der Waals surface area contributed by atoms with Crippen molar-refractivity contribution in [2.24, 2.45) is 5.92 Å². The second kappa shape index (κ2) is 7.63. The van der Waals surface area contributed by atoms with Gasteiger partial charge in [-0.15, -0.1) is 0 Å². The van der Waals surface area contributed by atoms with Gasteiger partial charge in [0.2, 0.25) is 11.8 Å². The van der Waals surface area contributed by atoms with E-state index in [4.69, 9.17) is 16.3 Å². The maximum atomic E-state index is 13.1. The molecule has 0 bridgehead atoms. The molecular weight excluding hydrogens is 377 g/mol. The topological polar surface area (TPSA) is 87.7 Å². The molecule has 9 heteroatoms. The van der Waals surface area contributed by atoms with Crippen molar-refractivity contribution in [3.63, 3.8) is 0 Å². The third kappa shape index (κ3) is 3.85. The Kier molecular flexibility index (Phi) is 5.27. The first-order valence-electron chi connectivity index (χ1n) is 7.92. The van der Waals surface area contributed by atoms with E-state index in [9.17, 15) is 18.8 Å². The van der Waals surface area contributed by atoms with Crippen LogP contribution in [0.3, 0.4) is 0 Å². The Morgan fingerprint density at radius 1 is 1.26 bits per heavy atom. The zero-order valence-electron chi connectivity index (χ0n) is 14.2. The number of carbonyl (C=O) groups is 3. The summed E-state index contributed by atoms with van der Waals surface area (Å²) in [4.78, 5) is 38.3. The van der Waals surface area contributed by atoms with Crippen molar-refractivity contribution in [3.8, 4) is 5.75 Å². The largest absolute Gasteiger partial charge is 0.495 e. The van der Waals surface area contributed by atoms with E-state index in [1.807, 2.05) is 0 Å². The average molecular weight is 392 g/mol. The number of amides is 4. The molecule has 1 fully saturated rings. The molecule has 0 radical (unpaired) electrons. The third-order valence-electron chi connectivity index (χ3n) is 4.00. The molecule has 27 heavy (non-hydrogen) atoms. The van der Waals surface area contributed by atoms with Crippen molar-refractivity contribution >= 4 is 40.8 Å². The van der Waals surface area contributed by atoms with Crippen LogP contribution in [-0.2, 0) is 9.59 Å². The monoisotopic (exact) mass is 391 g/mol. The van der Waals surface area contributed by atoms with Crippen LogP contribution in [0.5, 0.6) is 5.75 Å². The summed E-state index contributed by atoms with van der Waals surface area (Å²) in [6, 6.07) is 8.79. The van der Waals surface area contributed by atoms with Gasteiger partial charge in [-0.25, -0.2) is 14.1 Å². The highest BCUT2D eigenvalue weighted by molar-refractivity contribution is 6.31. The van der Waals surface area contributed by atoms with E-state index in [-0.39, 0.29) is 12.2 Å². The minimum absolute atomic E-state index is 0.163. The van der Waals surface area contributed by atoms with Crippen molar-refractivity contribution in [1.82, 2.24) is 5.32 Å². The van der Waals surface area contributed by atoms with Gasteiger partial charge in [-0.3, -0.25) is 9.59 Å². The first-order chi connectivity index (χ1) is 12.9. The number of rotatable bonds is 4. The molecule has 1 aliphatic rings. The molecule has 2 aromatic rings. The van der Waals surface area contributed by atoms with Gasteiger partial charge in [0.15, 0.2) is 0 Å². The van der Waals surface area contributed by atoms with Crippen LogP contribution in [-0.4, -0.2) is 31.5 Å². The number of benzene rings is 2. The van der Waals surface area contributed by atoms with Gasteiger partial charge in [-0.05, 0) is 42.5 Å². The average Bonchev–Trinajstić information content (AvgIpc) is 2.63. The summed E-state index contributed by atoms with van der Waals surface area (Å²) < 4.78 is 18.3. The van der Waals surface area contributed by atoms with Gasteiger partial charge in [0.25, 0.3) is 0 Å². The maximum Gasteiger partial charge on any atom is 0.328 e. The molecular formula is C18H15ClFN3O4. The van der Waals surface area contributed by atoms with Gasteiger partial charge in [0.1, 0.15) is 17.5 Å². The van der Waals surface area contributed by atoms with Crippen molar-refractivity contribution < 1.29 is 23.5 Å². The van der Waals surface area contributed by atoms with E-state index < -0.39 is 29.6 Å². The number of urea groups is 1. The van der Waals surface area contributed by atoms with Gasteiger partial charge in [-0.1, -0.05) is 11.6 Å². The predicted molar refractivity (Wildman–Crippen MR) is 97.4 cm³/mol. The molecule has 0 aromatic heterocycles. The molecule has 1 atom stereocenters. The molecule has 3 rings (SSSR count). The zero-order chi connectivity index (χ0) is 19.6. The lowest BCUT2D eigenvalue weighted by molar-refractivity contribution is -0.130. The van der Waals surface area contributed by atoms with Crippen molar-refractivity contribution in [2.75, 3.05) is 23.9 Å². The van der Waals surface area contributed by atoms with Gasteiger partial charge in [0.05, 0.1) is 18.5 Å². The zero-order valence-corrected chi connectivity index (χ0v) is 14.9. The highest BCUT2D eigenvalue weighted by Crippen LogP contribution is 2.29. The van der Waals surface area contributed by atoms with Crippen LogP contribution < -0.4 is 20.3 Å².